The van der Waals surface area contributed by atoms with Gasteiger partial charge in [-0.3, -0.25) is 0 Å². The molecule has 0 N–H and O–H groups in total. The minimum Gasteiger partial charge on any atom is -0.139 e. The molecular formula is C9H14S2. The van der Waals surface area contributed by atoms with Crippen molar-refractivity contribution in [3.05, 3.63) is 11.6 Å². The molecule has 2 rings (SSSR count). The van der Waals surface area contributed by atoms with Crippen LogP contribution in [0.1, 0.15) is 26.2 Å². The van der Waals surface area contributed by atoms with Gasteiger partial charge in [0.15, 0.2) is 0 Å². The summed E-state index contributed by atoms with van der Waals surface area (Å²) in [5.74, 6) is 2.71. The molecule has 11 heavy (non-hydrogen) atoms. The Morgan fingerprint density at radius 3 is 2.73 bits per heavy atom. The summed E-state index contributed by atoms with van der Waals surface area (Å²) in [7, 11) is 0. The third-order valence-electron chi connectivity index (χ3n) is 2.34. The van der Waals surface area contributed by atoms with E-state index in [-0.39, 0.29) is 0 Å². The maximum Gasteiger partial charge on any atom is 0.0794 e. The predicted molar refractivity (Wildman–Crippen MR) is 55.3 cm³/mol. The Bertz CT molecular complexity index is 178. The standard InChI is InChI=1S/C9H14S2/c1-8-3-2-4-9(7-8)10-5-6-11-9/h7H,2-6H2,1H3. The molecule has 0 aromatic rings. The van der Waals surface area contributed by atoms with Crippen molar-refractivity contribution in [1.29, 1.82) is 0 Å². The van der Waals surface area contributed by atoms with Gasteiger partial charge >= 0.3 is 0 Å². The van der Waals surface area contributed by atoms with E-state index in [0.29, 0.717) is 4.08 Å². The van der Waals surface area contributed by atoms with Gasteiger partial charge in [-0.25, -0.2) is 0 Å². The number of thioether (sulfide) groups is 2. The van der Waals surface area contributed by atoms with Crippen molar-refractivity contribution in [2.24, 2.45) is 0 Å². The van der Waals surface area contributed by atoms with Crippen LogP contribution in [0.25, 0.3) is 0 Å². The van der Waals surface area contributed by atoms with Crippen LogP contribution in [0.2, 0.25) is 0 Å². The fraction of sp³-hybridized carbons (Fsp3) is 0.778. The molecule has 1 heterocycles. The van der Waals surface area contributed by atoms with E-state index in [9.17, 15) is 0 Å². The molecule has 1 saturated heterocycles. The van der Waals surface area contributed by atoms with Crippen molar-refractivity contribution in [2.75, 3.05) is 11.5 Å². The largest absolute Gasteiger partial charge is 0.139 e. The van der Waals surface area contributed by atoms with E-state index in [0.717, 1.165) is 0 Å². The zero-order valence-corrected chi connectivity index (χ0v) is 8.56. The molecular weight excluding hydrogens is 172 g/mol. The van der Waals surface area contributed by atoms with Gasteiger partial charge in [0.05, 0.1) is 4.08 Å². The SMILES string of the molecule is CC1=CC2(CCC1)SCCS2. The van der Waals surface area contributed by atoms with Crippen LogP contribution in [-0.2, 0) is 0 Å². The lowest BCUT2D eigenvalue weighted by Gasteiger charge is -2.28. The molecule has 0 unspecified atom stereocenters. The third-order valence-corrected chi connectivity index (χ3v) is 5.74. The predicted octanol–water partition coefficient (Wildman–Crippen LogP) is 3.29. The van der Waals surface area contributed by atoms with Crippen LogP contribution >= 0.6 is 23.5 Å². The lowest BCUT2D eigenvalue weighted by atomic mass is 10.0. The third kappa shape index (κ3) is 1.62. The molecule has 0 saturated carbocycles. The topological polar surface area (TPSA) is 0 Å². The maximum absolute atomic E-state index is 2.51. The van der Waals surface area contributed by atoms with Gasteiger partial charge in [-0.2, -0.15) is 0 Å². The van der Waals surface area contributed by atoms with E-state index in [1.807, 2.05) is 0 Å². The Morgan fingerprint density at radius 1 is 1.36 bits per heavy atom. The van der Waals surface area contributed by atoms with E-state index < -0.39 is 0 Å². The summed E-state index contributed by atoms with van der Waals surface area (Å²) in [6.07, 6.45) is 6.66. The van der Waals surface area contributed by atoms with Crippen LogP contribution in [0.3, 0.4) is 0 Å². The minimum absolute atomic E-state index is 0.516. The molecule has 2 heteroatoms. The highest BCUT2D eigenvalue weighted by Gasteiger charge is 2.34. The highest BCUT2D eigenvalue weighted by Crippen LogP contribution is 2.51. The zero-order valence-electron chi connectivity index (χ0n) is 6.93. The first-order chi connectivity index (χ1) is 5.31. The van der Waals surface area contributed by atoms with Crippen molar-refractivity contribution >= 4 is 23.5 Å². The van der Waals surface area contributed by atoms with Gasteiger partial charge < -0.3 is 0 Å². The summed E-state index contributed by atoms with van der Waals surface area (Å²) in [6.45, 7) is 2.28. The Kier molecular flexibility index (Phi) is 2.24. The first-order valence-electron chi connectivity index (χ1n) is 4.27. The second-order valence-electron chi connectivity index (χ2n) is 3.35. The lowest BCUT2D eigenvalue weighted by Crippen LogP contribution is -2.17. The normalized spacial score (nSPS) is 29.0. The minimum atomic E-state index is 0.516. The molecule has 1 spiro atoms. The summed E-state index contributed by atoms with van der Waals surface area (Å²) in [4.78, 5) is 0. The molecule has 0 aromatic heterocycles. The second-order valence-corrected chi connectivity index (χ2v) is 6.46. The van der Waals surface area contributed by atoms with Crippen LogP contribution in [0.4, 0.5) is 0 Å². The van der Waals surface area contributed by atoms with E-state index in [2.05, 4.69) is 36.5 Å². The molecule has 62 valence electrons. The molecule has 1 aliphatic heterocycles. The number of rotatable bonds is 0. The van der Waals surface area contributed by atoms with Crippen molar-refractivity contribution in [2.45, 2.75) is 30.3 Å². The quantitative estimate of drug-likeness (QED) is 0.532. The van der Waals surface area contributed by atoms with E-state index in [1.54, 1.807) is 5.57 Å². The number of hydrogen-bond acceptors (Lipinski definition) is 2. The number of hydrogen-bond donors (Lipinski definition) is 0. The molecule has 0 aromatic carbocycles. The van der Waals surface area contributed by atoms with Crippen molar-refractivity contribution in [1.82, 2.24) is 0 Å². The van der Waals surface area contributed by atoms with Gasteiger partial charge in [0.1, 0.15) is 0 Å². The Balaban J connectivity index is 2.17. The van der Waals surface area contributed by atoms with Crippen LogP contribution < -0.4 is 0 Å². The summed E-state index contributed by atoms with van der Waals surface area (Å²) in [6, 6.07) is 0. The van der Waals surface area contributed by atoms with Gasteiger partial charge in [0, 0.05) is 11.5 Å². The van der Waals surface area contributed by atoms with Crippen LogP contribution in [0, 0.1) is 0 Å². The summed E-state index contributed by atoms with van der Waals surface area (Å²) >= 11 is 4.31. The van der Waals surface area contributed by atoms with E-state index in [4.69, 9.17) is 0 Å². The van der Waals surface area contributed by atoms with Crippen LogP contribution in [-0.4, -0.2) is 15.6 Å². The smallest absolute Gasteiger partial charge is 0.0794 e. The first kappa shape index (κ1) is 8.06. The van der Waals surface area contributed by atoms with Crippen molar-refractivity contribution < 1.29 is 0 Å². The van der Waals surface area contributed by atoms with E-state index >= 15 is 0 Å². The van der Waals surface area contributed by atoms with Crippen LogP contribution in [0.15, 0.2) is 11.6 Å². The Hall–Kier alpha value is 0.440. The van der Waals surface area contributed by atoms with Gasteiger partial charge in [-0.15, -0.1) is 23.5 Å². The highest BCUT2D eigenvalue weighted by molar-refractivity contribution is 8.21. The molecule has 0 nitrogen and oxygen atoms in total. The molecule has 1 aliphatic carbocycles. The van der Waals surface area contributed by atoms with Gasteiger partial charge in [-0.1, -0.05) is 11.6 Å². The van der Waals surface area contributed by atoms with Gasteiger partial charge in [-0.05, 0) is 26.2 Å². The fourth-order valence-corrected chi connectivity index (χ4v) is 5.17. The first-order valence-corrected chi connectivity index (χ1v) is 6.24. The van der Waals surface area contributed by atoms with Gasteiger partial charge in [0.2, 0.25) is 0 Å². The fourth-order valence-electron chi connectivity index (χ4n) is 1.83. The molecule has 0 atom stereocenters. The molecule has 0 amide bonds. The van der Waals surface area contributed by atoms with Gasteiger partial charge in [0.25, 0.3) is 0 Å². The van der Waals surface area contributed by atoms with E-state index in [1.165, 1.54) is 30.8 Å². The van der Waals surface area contributed by atoms with Crippen LogP contribution in [0.5, 0.6) is 0 Å². The lowest BCUT2D eigenvalue weighted by molar-refractivity contribution is 0.689. The number of allylic oxidation sites excluding steroid dienone is 1. The maximum atomic E-state index is 2.51. The molecule has 0 radical (unpaired) electrons. The second kappa shape index (κ2) is 3.06. The van der Waals surface area contributed by atoms with Crippen molar-refractivity contribution in [3.8, 4) is 0 Å². The molecule has 1 fully saturated rings. The Labute approximate surface area is 77.2 Å². The zero-order chi connectivity index (χ0) is 7.73. The average molecular weight is 186 g/mol. The summed E-state index contributed by atoms with van der Waals surface area (Å²) in [5, 5.41) is 0. The monoisotopic (exact) mass is 186 g/mol. The molecule has 0 bridgehead atoms. The van der Waals surface area contributed by atoms with Crippen molar-refractivity contribution in [3.63, 3.8) is 0 Å². The summed E-state index contributed by atoms with van der Waals surface area (Å²) < 4.78 is 0.516. The Morgan fingerprint density at radius 2 is 2.09 bits per heavy atom. The molecule has 2 aliphatic rings. The summed E-state index contributed by atoms with van der Waals surface area (Å²) in [5.41, 5.74) is 1.61. The highest BCUT2D eigenvalue weighted by atomic mass is 32.2. The average Bonchev–Trinajstić information content (AvgIpc) is 2.37.